The molecule has 0 heterocycles. The lowest BCUT2D eigenvalue weighted by molar-refractivity contribution is 0.625. The van der Waals surface area contributed by atoms with Gasteiger partial charge in [-0.25, -0.2) is 4.39 Å². The third-order valence-electron chi connectivity index (χ3n) is 2.67. The molecule has 2 rings (SSSR count). The number of hydrogen-bond donors (Lipinski definition) is 1. The van der Waals surface area contributed by atoms with Crippen molar-refractivity contribution < 1.29 is 4.39 Å². The Morgan fingerprint density at radius 1 is 1.12 bits per heavy atom. The summed E-state index contributed by atoms with van der Waals surface area (Å²) in [5.41, 5.74) is 9.30. The van der Waals surface area contributed by atoms with Crippen LogP contribution in [0.3, 0.4) is 0 Å². The van der Waals surface area contributed by atoms with Crippen molar-refractivity contribution in [2.45, 2.75) is 6.54 Å². The highest BCUT2D eigenvalue weighted by Crippen LogP contribution is 2.26. The number of nitrogens with two attached hydrogens (primary N) is 1. The van der Waals surface area contributed by atoms with E-state index in [1.54, 1.807) is 11.4 Å². The largest absolute Gasteiger partial charge is 0.326 e. The maximum absolute atomic E-state index is 13.1. The second kappa shape index (κ2) is 5.17. The third-order valence-corrected chi connectivity index (χ3v) is 2.92. The summed E-state index contributed by atoms with van der Waals surface area (Å²) in [6, 6.07) is 12.4. The van der Waals surface area contributed by atoms with Crippen molar-refractivity contribution in [3.63, 3.8) is 0 Å². The zero-order chi connectivity index (χ0) is 12.3. The molecule has 2 aromatic carbocycles. The molecule has 0 aliphatic carbocycles. The smallest absolute Gasteiger partial charge is 0.123 e. The number of rotatable bonds is 3. The topological polar surface area (TPSA) is 26.0 Å². The molecule has 0 spiro atoms. The molecule has 0 saturated heterocycles. The van der Waals surface area contributed by atoms with Gasteiger partial charge in [0.05, 0.1) is 0 Å². The molecule has 0 bridgehead atoms. The van der Waals surface area contributed by atoms with Crippen molar-refractivity contribution in [2.24, 2.45) is 5.73 Å². The van der Waals surface area contributed by atoms with Gasteiger partial charge >= 0.3 is 0 Å². The molecule has 0 unspecified atom stereocenters. The third kappa shape index (κ3) is 2.40. The van der Waals surface area contributed by atoms with Crippen LogP contribution in [0.2, 0.25) is 0 Å². The van der Waals surface area contributed by atoms with E-state index >= 15 is 0 Å². The predicted octanol–water partition coefficient (Wildman–Crippen LogP) is 3.30. The average molecular weight is 245 g/mol. The molecule has 0 amide bonds. The van der Waals surface area contributed by atoms with Crippen LogP contribution >= 0.6 is 12.2 Å². The van der Waals surface area contributed by atoms with E-state index in [9.17, 15) is 4.39 Å². The van der Waals surface area contributed by atoms with Crippen LogP contribution in [0.25, 0.3) is 11.1 Å². The van der Waals surface area contributed by atoms with Crippen LogP contribution in [0.4, 0.5) is 4.39 Å². The molecule has 0 atom stereocenters. The number of thiocarbonyl (C=S) groups is 1. The van der Waals surface area contributed by atoms with E-state index in [0.717, 1.165) is 22.3 Å². The highest BCUT2D eigenvalue weighted by atomic mass is 32.1. The first-order chi connectivity index (χ1) is 8.26. The lowest BCUT2D eigenvalue weighted by atomic mass is 9.96. The molecule has 0 aromatic heterocycles. The van der Waals surface area contributed by atoms with Crippen LogP contribution in [-0.4, -0.2) is 5.37 Å². The SMILES string of the molecule is NCc1cc(F)ccc1-c1ccccc1C=S. The molecule has 1 nitrogen and oxygen atoms in total. The highest BCUT2D eigenvalue weighted by molar-refractivity contribution is 7.79. The maximum atomic E-state index is 13.1. The Balaban J connectivity index is 2.63. The normalized spacial score (nSPS) is 10.2. The molecular weight excluding hydrogens is 233 g/mol. The first kappa shape index (κ1) is 11.9. The summed E-state index contributed by atoms with van der Waals surface area (Å²) in [5, 5.41) is 1.62. The lowest BCUT2D eigenvalue weighted by Gasteiger charge is -2.10. The molecule has 0 aliphatic heterocycles. The van der Waals surface area contributed by atoms with Crippen molar-refractivity contribution >= 4 is 17.6 Å². The monoisotopic (exact) mass is 245 g/mol. The summed E-state index contributed by atoms with van der Waals surface area (Å²) in [6.07, 6.45) is 0. The molecule has 0 aliphatic rings. The first-order valence-corrected chi connectivity index (χ1v) is 5.76. The van der Waals surface area contributed by atoms with E-state index in [4.69, 9.17) is 18.0 Å². The van der Waals surface area contributed by atoms with Gasteiger partial charge in [-0.05, 0) is 34.4 Å². The second-order valence-electron chi connectivity index (χ2n) is 3.71. The standard InChI is InChI=1S/C14H12FNS/c15-12-5-6-14(11(7-12)8-16)13-4-2-1-3-10(13)9-17/h1-7,9H,8,16H2. The Morgan fingerprint density at radius 3 is 2.59 bits per heavy atom. The molecule has 0 fully saturated rings. The van der Waals surface area contributed by atoms with Gasteiger partial charge in [-0.1, -0.05) is 42.5 Å². The Morgan fingerprint density at radius 2 is 1.88 bits per heavy atom. The Hall–Kier alpha value is -1.58. The quantitative estimate of drug-likeness (QED) is 0.840. The van der Waals surface area contributed by atoms with Crippen LogP contribution in [0.1, 0.15) is 11.1 Å². The molecule has 2 N–H and O–H groups in total. The van der Waals surface area contributed by atoms with Gasteiger partial charge in [0.15, 0.2) is 0 Å². The molecule has 0 saturated carbocycles. The first-order valence-electron chi connectivity index (χ1n) is 5.29. The fourth-order valence-electron chi connectivity index (χ4n) is 1.84. The van der Waals surface area contributed by atoms with E-state index in [0.29, 0.717) is 6.54 Å². The summed E-state index contributed by atoms with van der Waals surface area (Å²) >= 11 is 4.98. The fraction of sp³-hybridized carbons (Fsp3) is 0.0714. The minimum Gasteiger partial charge on any atom is -0.326 e. The number of halogens is 1. The summed E-state index contributed by atoms with van der Waals surface area (Å²) in [5.74, 6) is -0.269. The van der Waals surface area contributed by atoms with Crippen LogP contribution in [0.5, 0.6) is 0 Å². The Labute approximate surface area is 105 Å². The van der Waals surface area contributed by atoms with Crippen LogP contribution in [0.15, 0.2) is 42.5 Å². The van der Waals surface area contributed by atoms with Gasteiger partial charge in [-0.2, -0.15) is 0 Å². The number of hydrogen-bond acceptors (Lipinski definition) is 2. The Kier molecular flexibility index (Phi) is 3.61. The van der Waals surface area contributed by atoms with E-state index < -0.39 is 0 Å². The van der Waals surface area contributed by atoms with Gasteiger partial charge in [-0.15, -0.1) is 0 Å². The zero-order valence-corrected chi connectivity index (χ0v) is 10.0. The predicted molar refractivity (Wildman–Crippen MR) is 72.5 cm³/mol. The lowest BCUT2D eigenvalue weighted by Crippen LogP contribution is -2.00. The average Bonchev–Trinajstić information content (AvgIpc) is 2.38. The van der Waals surface area contributed by atoms with E-state index in [-0.39, 0.29) is 5.82 Å². The van der Waals surface area contributed by atoms with Crippen LogP contribution in [-0.2, 0) is 6.54 Å². The van der Waals surface area contributed by atoms with Gasteiger partial charge in [0, 0.05) is 11.9 Å². The van der Waals surface area contributed by atoms with Gasteiger partial charge in [0.1, 0.15) is 5.82 Å². The molecule has 2 aromatic rings. The van der Waals surface area contributed by atoms with Crippen molar-refractivity contribution in [2.75, 3.05) is 0 Å². The maximum Gasteiger partial charge on any atom is 0.123 e. The molecule has 0 radical (unpaired) electrons. The van der Waals surface area contributed by atoms with Crippen molar-refractivity contribution in [1.82, 2.24) is 0 Å². The van der Waals surface area contributed by atoms with Gasteiger partial charge in [0.2, 0.25) is 0 Å². The fourth-order valence-corrected chi connectivity index (χ4v) is 2.04. The van der Waals surface area contributed by atoms with Crippen LogP contribution in [0, 0.1) is 5.82 Å². The minimum absolute atomic E-state index is 0.269. The second-order valence-corrected chi connectivity index (χ2v) is 3.95. The van der Waals surface area contributed by atoms with Crippen molar-refractivity contribution in [3.05, 3.63) is 59.4 Å². The highest BCUT2D eigenvalue weighted by Gasteiger charge is 2.08. The zero-order valence-electron chi connectivity index (χ0n) is 9.19. The number of benzene rings is 2. The summed E-state index contributed by atoms with van der Waals surface area (Å²) in [6.45, 7) is 0.304. The molecule has 17 heavy (non-hydrogen) atoms. The van der Waals surface area contributed by atoms with Crippen molar-refractivity contribution in [3.8, 4) is 11.1 Å². The Bertz CT molecular complexity index is 552. The summed E-state index contributed by atoms with van der Waals surface area (Å²) < 4.78 is 13.1. The molecule has 3 heteroatoms. The van der Waals surface area contributed by atoms with E-state index in [2.05, 4.69) is 0 Å². The summed E-state index contributed by atoms with van der Waals surface area (Å²) in [7, 11) is 0. The molecular formula is C14H12FNS. The van der Waals surface area contributed by atoms with Gasteiger partial charge in [0.25, 0.3) is 0 Å². The minimum atomic E-state index is -0.269. The van der Waals surface area contributed by atoms with Crippen molar-refractivity contribution in [1.29, 1.82) is 0 Å². The van der Waals surface area contributed by atoms with Gasteiger partial charge in [-0.3, -0.25) is 0 Å². The van der Waals surface area contributed by atoms with Crippen LogP contribution < -0.4 is 5.73 Å². The van der Waals surface area contributed by atoms with Gasteiger partial charge < -0.3 is 5.73 Å². The summed E-state index contributed by atoms with van der Waals surface area (Å²) in [4.78, 5) is 0. The van der Waals surface area contributed by atoms with E-state index in [1.165, 1.54) is 12.1 Å². The molecule has 86 valence electrons. The van der Waals surface area contributed by atoms with E-state index in [1.807, 2.05) is 24.3 Å².